The van der Waals surface area contributed by atoms with Gasteiger partial charge in [-0.2, -0.15) is 0 Å². The molecule has 314 valence electrons. The number of aryl methyl sites for hydroxylation is 1. The van der Waals surface area contributed by atoms with E-state index in [1.807, 2.05) is 88.7 Å². The van der Waals surface area contributed by atoms with E-state index in [2.05, 4.69) is 42.8 Å². The van der Waals surface area contributed by atoms with Crippen LogP contribution in [0.4, 0.5) is 5.82 Å². The largest absolute Gasteiger partial charge is 0.507 e. The van der Waals surface area contributed by atoms with E-state index in [1.165, 1.54) is 10.5 Å². The number of hydrogen-bond donors (Lipinski definition) is 5. The van der Waals surface area contributed by atoms with Crippen LogP contribution in [0.2, 0.25) is 0 Å². The number of hydrogen-bond acceptors (Lipinski definition) is 11. The zero-order chi connectivity index (χ0) is 42.7. The monoisotopic (exact) mass is 830 g/mol. The minimum absolute atomic E-state index is 0.0112. The molecule has 0 unspecified atom stereocenters. The number of phenolic OH excluding ortho intramolecular Hbond substituents is 1. The molecule has 2 aliphatic rings. The van der Waals surface area contributed by atoms with Crippen LogP contribution in [0.15, 0.2) is 84.4 Å². The van der Waals surface area contributed by atoms with Gasteiger partial charge in [-0.1, -0.05) is 81.4 Å². The number of aromatic hydroxyl groups is 1. The van der Waals surface area contributed by atoms with E-state index < -0.39 is 23.6 Å². The number of nitrogens with zero attached hydrogens (tertiary/aromatic N) is 5. The summed E-state index contributed by atoms with van der Waals surface area (Å²) in [7, 11) is 0. The molecular weight excluding hydrogens is 777 g/mol. The van der Waals surface area contributed by atoms with Gasteiger partial charge in [0.05, 0.1) is 40.5 Å². The van der Waals surface area contributed by atoms with E-state index >= 15 is 0 Å². The highest BCUT2D eigenvalue weighted by atomic mass is 32.1. The molecule has 2 saturated heterocycles. The summed E-state index contributed by atoms with van der Waals surface area (Å²) in [6, 6.07) is 23.0. The molecule has 0 saturated carbocycles. The Balaban J connectivity index is 0.932. The summed E-state index contributed by atoms with van der Waals surface area (Å²) in [6.07, 6.45) is 0.985. The average molecular weight is 831 g/mol. The maximum atomic E-state index is 14.2. The van der Waals surface area contributed by atoms with Gasteiger partial charge in [-0.15, -0.1) is 21.5 Å². The fourth-order valence-electron chi connectivity index (χ4n) is 8.24. The number of carbonyl (C=O) groups excluding carboxylic acids is 3. The van der Waals surface area contributed by atoms with Gasteiger partial charge in [-0.25, -0.2) is 4.98 Å². The molecule has 6 N–H and O–H groups in total. The molecule has 2 fully saturated rings. The topological polar surface area (TPSA) is 187 Å². The number of thiazole rings is 1. The summed E-state index contributed by atoms with van der Waals surface area (Å²) in [5, 5.41) is 35.4. The summed E-state index contributed by atoms with van der Waals surface area (Å²) < 4.78 is 0. The summed E-state index contributed by atoms with van der Waals surface area (Å²) in [5.74, 6) is -0.253. The average Bonchev–Trinajstić information content (AvgIpc) is 3.85. The Hall–Kier alpha value is -5.70. The molecule has 4 atom stereocenters. The van der Waals surface area contributed by atoms with Crippen LogP contribution in [-0.4, -0.2) is 97.3 Å². The summed E-state index contributed by atoms with van der Waals surface area (Å²) in [6.45, 7) is 11.1. The maximum Gasteiger partial charge on any atom is 0.246 e. The minimum Gasteiger partial charge on any atom is -0.507 e. The van der Waals surface area contributed by atoms with Gasteiger partial charge < -0.3 is 31.5 Å². The molecule has 0 aliphatic carbocycles. The number of likely N-dealkylation sites (tertiary alicyclic amines) is 2. The van der Waals surface area contributed by atoms with Crippen molar-refractivity contribution in [2.45, 2.75) is 84.0 Å². The van der Waals surface area contributed by atoms with Crippen LogP contribution in [0.1, 0.15) is 75.7 Å². The maximum absolute atomic E-state index is 14.2. The first-order chi connectivity index (χ1) is 28.7. The molecule has 5 aromatic rings. The van der Waals surface area contributed by atoms with Gasteiger partial charge >= 0.3 is 0 Å². The molecule has 0 spiro atoms. The van der Waals surface area contributed by atoms with Crippen molar-refractivity contribution in [1.29, 1.82) is 0 Å². The number of anilines is 1. The first kappa shape index (κ1) is 42.4. The van der Waals surface area contributed by atoms with Crippen molar-refractivity contribution >= 4 is 34.9 Å². The molecule has 60 heavy (non-hydrogen) atoms. The van der Waals surface area contributed by atoms with Crippen molar-refractivity contribution in [3.05, 3.63) is 101 Å². The van der Waals surface area contributed by atoms with E-state index in [0.717, 1.165) is 45.7 Å². The molecule has 7 rings (SSSR count). The number of amides is 3. The number of aliphatic hydroxyl groups is 1. The molecular formula is C46H54N8O5S. The third-order valence-corrected chi connectivity index (χ3v) is 12.7. The first-order valence-electron chi connectivity index (χ1n) is 20.5. The number of piperidine rings is 1. The number of carbonyl (C=O) groups is 3. The Labute approximate surface area is 355 Å². The zero-order valence-corrected chi connectivity index (χ0v) is 35.6. The van der Waals surface area contributed by atoms with E-state index in [-0.39, 0.29) is 49.0 Å². The fraction of sp³-hybridized carbons (Fsp3) is 0.391. The third kappa shape index (κ3) is 9.51. The van der Waals surface area contributed by atoms with Gasteiger partial charge in [0.25, 0.3) is 0 Å². The number of para-hydroxylation sites is 1. The molecule has 13 nitrogen and oxygen atoms in total. The van der Waals surface area contributed by atoms with Crippen LogP contribution in [0.25, 0.3) is 32.8 Å². The number of aromatic nitrogens is 3. The Kier molecular flexibility index (Phi) is 12.6. The standard InChI is InChI=1S/C46H54N8O5S/c1-27(29-10-16-33(17-11-29)41-28(2)48-26-60-41)49-44(58)38-22-34(55)24-54(38)45(59)42(46(3,4)5)50-40(57)25-53-20-18-31(19-21-53)30-12-14-32(15-13-30)36-23-37(51-52-43(36)47)35-8-6-7-9-39(35)56/h6-17,23,26-27,31,34,38,42,55-56H,18-22,24-25H2,1-5H3,(H2,47,52)(H,49,58)(H,50,57)/t27-,34+,38-,42+/m0/s1. The van der Waals surface area contributed by atoms with Crippen molar-refractivity contribution < 1.29 is 24.6 Å². The van der Waals surface area contributed by atoms with E-state index in [4.69, 9.17) is 5.73 Å². The lowest BCUT2D eigenvalue weighted by Crippen LogP contribution is -2.59. The molecule has 3 amide bonds. The highest BCUT2D eigenvalue weighted by Gasteiger charge is 2.45. The summed E-state index contributed by atoms with van der Waals surface area (Å²) in [5.41, 5.74) is 14.3. The number of nitrogens with two attached hydrogens (primary N) is 1. The van der Waals surface area contributed by atoms with Crippen molar-refractivity contribution in [3.8, 4) is 38.6 Å². The quantitative estimate of drug-likeness (QED) is 0.105. The lowest BCUT2D eigenvalue weighted by Gasteiger charge is -2.36. The minimum atomic E-state index is -0.902. The van der Waals surface area contributed by atoms with Crippen LogP contribution >= 0.6 is 11.3 Å². The van der Waals surface area contributed by atoms with Crippen molar-refractivity contribution in [3.63, 3.8) is 0 Å². The van der Waals surface area contributed by atoms with Crippen LogP contribution < -0.4 is 16.4 Å². The van der Waals surface area contributed by atoms with Gasteiger partial charge in [-0.3, -0.25) is 19.3 Å². The third-order valence-electron chi connectivity index (χ3n) is 11.7. The number of aliphatic hydroxyl groups excluding tert-OH is 1. The summed E-state index contributed by atoms with van der Waals surface area (Å²) >= 11 is 1.58. The smallest absolute Gasteiger partial charge is 0.246 e. The molecule has 14 heteroatoms. The van der Waals surface area contributed by atoms with Gasteiger partial charge in [0.1, 0.15) is 17.8 Å². The Bertz CT molecular complexity index is 2320. The Morgan fingerprint density at radius 3 is 2.27 bits per heavy atom. The van der Waals surface area contributed by atoms with Gasteiger partial charge in [0.2, 0.25) is 17.7 Å². The van der Waals surface area contributed by atoms with Gasteiger partial charge in [-0.05, 0) is 91.6 Å². The van der Waals surface area contributed by atoms with E-state index in [0.29, 0.717) is 36.1 Å². The van der Waals surface area contributed by atoms with E-state index in [1.54, 1.807) is 29.5 Å². The second kappa shape index (κ2) is 17.9. The van der Waals surface area contributed by atoms with Crippen molar-refractivity contribution in [2.75, 3.05) is 31.9 Å². The normalized spacial score (nSPS) is 18.5. The highest BCUT2D eigenvalue weighted by Crippen LogP contribution is 2.35. The van der Waals surface area contributed by atoms with Crippen LogP contribution in [0.5, 0.6) is 5.75 Å². The number of rotatable bonds is 11. The second-order valence-electron chi connectivity index (χ2n) is 17.1. The van der Waals surface area contributed by atoms with Crippen LogP contribution in [-0.2, 0) is 14.4 Å². The number of nitrogen functional groups attached to an aromatic ring is 1. The summed E-state index contributed by atoms with van der Waals surface area (Å²) in [4.78, 5) is 50.5. The van der Waals surface area contributed by atoms with Crippen molar-refractivity contribution in [2.24, 2.45) is 5.41 Å². The highest BCUT2D eigenvalue weighted by molar-refractivity contribution is 7.13. The van der Waals surface area contributed by atoms with Crippen LogP contribution in [0, 0.1) is 12.3 Å². The lowest BCUT2D eigenvalue weighted by atomic mass is 9.85. The Morgan fingerprint density at radius 1 is 0.933 bits per heavy atom. The van der Waals surface area contributed by atoms with Gasteiger partial charge in [0, 0.05) is 24.1 Å². The van der Waals surface area contributed by atoms with Crippen molar-refractivity contribution in [1.82, 2.24) is 35.6 Å². The molecule has 0 radical (unpaired) electrons. The number of nitrogens with one attached hydrogen (secondary N) is 2. The predicted molar refractivity (Wildman–Crippen MR) is 234 cm³/mol. The number of phenols is 1. The predicted octanol–water partition coefficient (Wildman–Crippen LogP) is 6.08. The number of β-amino-alcohol motifs (C(OH)–C–C–N with tert-alkyl or cyclic N) is 1. The first-order valence-corrected chi connectivity index (χ1v) is 21.4. The molecule has 4 heterocycles. The molecule has 0 bridgehead atoms. The SMILES string of the molecule is Cc1ncsc1-c1ccc([C@H](C)NC(=O)[C@@H]2C[C@@H](O)CN2C(=O)[C@@H](NC(=O)CN2CCC(c3ccc(-c4cc(-c5ccccc5O)nnc4N)cc3)CC2)C(C)(C)C)cc1. The Morgan fingerprint density at radius 2 is 1.62 bits per heavy atom. The number of benzene rings is 3. The van der Waals surface area contributed by atoms with Crippen LogP contribution in [0.3, 0.4) is 0 Å². The molecule has 2 aromatic heterocycles. The van der Waals surface area contributed by atoms with E-state index in [9.17, 15) is 24.6 Å². The second-order valence-corrected chi connectivity index (χ2v) is 18.0. The molecule has 2 aliphatic heterocycles. The molecule has 3 aromatic carbocycles. The van der Waals surface area contributed by atoms with Gasteiger partial charge in [0.15, 0.2) is 5.82 Å². The lowest BCUT2D eigenvalue weighted by molar-refractivity contribution is -0.144. The fourth-order valence-corrected chi connectivity index (χ4v) is 9.05. The zero-order valence-electron chi connectivity index (χ0n) is 34.8.